The van der Waals surface area contributed by atoms with E-state index in [1.165, 1.54) is 0 Å². The number of amides is 1. The molecule has 2 unspecified atom stereocenters. The van der Waals surface area contributed by atoms with Gasteiger partial charge >= 0.3 is 0 Å². The molecule has 0 aromatic rings. The molecule has 0 aromatic carbocycles. The van der Waals surface area contributed by atoms with Gasteiger partial charge in [-0.2, -0.15) is 0 Å². The highest BCUT2D eigenvalue weighted by Crippen LogP contribution is 2.08. The molecule has 16 heavy (non-hydrogen) atoms. The molecule has 0 aliphatic heterocycles. The van der Waals surface area contributed by atoms with Crippen molar-refractivity contribution in [2.24, 2.45) is 0 Å². The lowest BCUT2D eigenvalue weighted by atomic mass is 10.0. The van der Waals surface area contributed by atoms with Crippen LogP contribution in [0.4, 0.5) is 0 Å². The summed E-state index contributed by atoms with van der Waals surface area (Å²) < 4.78 is 0. The summed E-state index contributed by atoms with van der Waals surface area (Å²) in [5.41, 5.74) is -0.170. The number of aliphatic hydroxyl groups excluding tert-OH is 1. The van der Waals surface area contributed by atoms with Gasteiger partial charge in [0.15, 0.2) is 0 Å². The van der Waals surface area contributed by atoms with E-state index in [0.717, 1.165) is 6.42 Å². The van der Waals surface area contributed by atoms with Gasteiger partial charge in [-0.1, -0.05) is 6.92 Å². The zero-order valence-corrected chi connectivity index (χ0v) is 11.4. The molecule has 0 rings (SSSR count). The van der Waals surface area contributed by atoms with Crippen molar-refractivity contribution in [1.82, 2.24) is 10.2 Å². The molecule has 4 nitrogen and oxygen atoms in total. The molecule has 0 aliphatic carbocycles. The third-order valence-corrected chi connectivity index (χ3v) is 2.94. The van der Waals surface area contributed by atoms with Crippen molar-refractivity contribution in [3.05, 3.63) is 0 Å². The lowest BCUT2D eigenvalue weighted by Gasteiger charge is -2.30. The minimum atomic E-state index is -0.417. The summed E-state index contributed by atoms with van der Waals surface area (Å²) >= 11 is 0. The number of nitrogens with one attached hydrogen (secondary N) is 1. The highest BCUT2D eigenvalue weighted by molar-refractivity contribution is 5.81. The number of likely N-dealkylation sites (N-methyl/N-ethyl adjacent to an activating group) is 1. The summed E-state index contributed by atoms with van der Waals surface area (Å²) in [5, 5.41) is 12.3. The molecule has 0 radical (unpaired) electrons. The van der Waals surface area contributed by atoms with Gasteiger partial charge in [0.05, 0.1) is 12.1 Å². The average molecular weight is 230 g/mol. The Labute approximate surface area is 99.0 Å². The van der Waals surface area contributed by atoms with Crippen LogP contribution in [0, 0.1) is 0 Å². The van der Waals surface area contributed by atoms with Crippen LogP contribution in [0.15, 0.2) is 0 Å². The maximum Gasteiger partial charge on any atom is 0.237 e. The third kappa shape index (κ3) is 5.47. The van der Waals surface area contributed by atoms with E-state index in [4.69, 9.17) is 0 Å². The van der Waals surface area contributed by atoms with Gasteiger partial charge in [-0.3, -0.25) is 9.69 Å². The smallest absolute Gasteiger partial charge is 0.237 e. The first-order valence-electron chi connectivity index (χ1n) is 5.90. The molecule has 1 amide bonds. The maximum absolute atomic E-state index is 11.9. The maximum atomic E-state index is 11.9. The summed E-state index contributed by atoms with van der Waals surface area (Å²) in [6.07, 6.45) is 0.477. The normalized spacial score (nSPS) is 16.0. The zero-order chi connectivity index (χ0) is 12.9. The van der Waals surface area contributed by atoms with Crippen molar-refractivity contribution in [3.63, 3.8) is 0 Å². The van der Waals surface area contributed by atoms with Gasteiger partial charge in [-0.25, -0.2) is 0 Å². The van der Waals surface area contributed by atoms with Gasteiger partial charge in [0, 0.05) is 12.1 Å². The van der Waals surface area contributed by atoms with Crippen molar-refractivity contribution >= 4 is 5.91 Å². The molecule has 0 aliphatic rings. The van der Waals surface area contributed by atoms with Crippen LogP contribution >= 0.6 is 0 Å². The van der Waals surface area contributed by atoms with Gasteiger partial charge < -0.3 is 10.4 Å². The van der Waals surface area contributed by atoms with E-state index in [1.807, 2.05) is 39.6 Å². The number of nitrogens with zero attached hydrogens (tertiary/aromatic N) is 1. The lowest BCUT2D eigenvalue weighted by Crippen LogP contribution is -2.52. The number of rotatable bonds is 6. The first-order chi connectivity index (χ1) is 7.19. The van der Waals surface area contributed by atoms with Crippen LogP contribution in [-0.4, -0.2) is 47.2 Å². The van der Waals surface area contributed by atoms with Crippen molar-refractivity contribution in [3.8, 4) is 0 Å². The molecule has 2 atom stereocenters. The Bertz CT molecular complexity index is 227. The molecule has 0 bridgehead atoms. The first-order valence-corrected chi connectivity index (χ1v) is 5.90. The number of carbonyl (C=O) groups is 1. The molecular weight excluding hydrogens is 204 g/mol. The Morgan fingerprint density at radius 1 is 1.44 bits per heavy atom. The van der Waals surface area contributed by atoms with Gasteiger partial charge in [0.2, 0.25) is 5.91 Å². The number of hydrogen-bond donors (Lipinski definition) is 2. The molecule has 0 saturated carbocycles. The molecule has 4 heteroatoms. The standard InChI is InChI=1S/C12H26N2O2/c1-7-12(4,5)13-11(16)10(3)14(6)8-9(2)15/h9-10,15H,7-8H2,1-6H3,(H,13,16). The summed E-state index contributed by atoms with van der Waals surface area (Å²) in [5.74, 6) is 0.00926. The predicted octanol–water partition coefficient (Wildman–Crippen LogP) is 0.992. The third-order valence-electron chi connectivity index (χ3n) is 2.94. The zero-order valence-electron chi connectivity index (χ0n) is 11.4. The minimum Gasteiger partial charge on any atom is -0.392 e. The second-order valence-electron chi connectivity index (χ2n) is 5.19. The largest absolute Gasteiger partial charge is 0.392 e. The van der Waals surface area contributed by atoms with Gasteiger partial charge in [-0.15, -0.1) is 0 Å². The average Bonchev–Trinajstić information content (AvgIpc) is 2.14. The van der Waals surface area contributed by atoms with Crippen LogP contribution in [0.2, 0.25) is 0 Å². The lowest BCUT2D eigenvalue weighted by molar-refractivity contribution is -0.127. The van der Waals surface area contributed by atoms with E-state index >= 15 is 0 Å². The summed E-state index contributed by atoms with van der Waals surface area (Å²) in [4.78, 5) is 13.8. The summed E-state index contributed by atoms with van der Waals surface area (Å²) in [6, 6.07) is -0.222. The van der Waals surface area contributed by atoms with Crippen LogP contribution in [0.25, 0.3) is 0 Å². The Balaban J connectivity index is 4.28. The molecule has 2 N–H and O–H groups in total. The Kier molecular flexibility index (Phi) is 5.97. The van der Waals surface area contributed by atoms with Crippen molar-refractivity contribution in [2.45, 2.75) is 58.7 Å². The molecular formula is C12H26N2O2. The fraction of sp³-hybridized carbons (Fsp3) is 0.917. The Morgan fingerprint density at radius 3 is 2.31 bits per heavy atom. The van der Waals surface area contributed by atoms with Crippen molar-refractivity contribution in [2.75, 3.05) is 13.6 Å². The summed E-state index contributed by atoms with van der Waals surface area (Å²) in [6.45, 7) is 10.1. The molecule has 0 fully saturated rings. The van der Waals surface area contributed by atoms with E-state index < -0.39 is 6.10 Å². The minimum absolute atomic E-state index is 0.00926. The van der Waals surface area contributed by atoms with Crippen LogP contribution < -0.4 is 5.32 Å². The monoisotopic (exact) mass is 230 g/mol. The second kappa shape index (κ2) is 6.21. The Morgan fingerprint density at radius 2 is 1.94 bits per heavy atom. The fourth-order valence-electron chi connectivity index (χ4n) is 1.30. The molecule has 0 spiro atoms. The van der Waals surface area contributed by atoms with Gasteiger partial charge in [-0.05, 0) is 41.2 Å². The van der Waals surface area contributed by atoms with Crippen LogP contribution in [-0.2, 0) is 4.79 Å². The van der Waals surface area contributed by atoms with E-state index in [2.05, 4.69) is 5.32 Å². The SMILES string of the molecule is CCC(C)(C)NC(=O)C(C)N(C)CC(C)O. The number of carbonyl (C=O) groups excluding carboxylic acids is 1. The van der Waals surface area contributed by atoms with Gasteiger partial charge in [0.25, 0.3) is 0 Å². The van der Waals surface area contributed by atoms with Crippen molar-refractivity contribution < 1.29 is 9.90 Å². The number of aliphatic hydroxyl groups is 1. The van der Waals surface area contributed by atoms with Gasteiger partial charge in [0.1, 0.15) is 0 Å². The van der Waals surface area contributed by atoms with E-state index in [-0.39, 0.29) is 17.5 Å². The van der Waals surface area contributed by atoms with E-state index in [1.54, 1.807) is 6.92 Å². The van der Waals surface area contributed by atoms with E-state index in [9.17, 15) is 9.90 Å². The van der Waals surface area contributed by atoms with Crippen LogP contribution in [0.5, 0.6) is 0 Å². The summed E-state index contributed by atoms with van der Waals surface area (Å²) in [7, 11) is 1.84. The first kappa shape index (κ1) is 15.4. The highest BCUT2D eigenvalue weighted by atomic mass is 16.3. The molecule has 96 valence electrons. The Hall–Kier alpha value is -0.610. The number of hydrogen-bond acceptors (Lipinski definition) is 3. The van der Waals surface area contributed by atoms with E-state index in [0.29, 0.717) is 6.54 Å². The van der Waals surface area contributed by atoms with Crippen LogP contribution in [0.3, 0.4) is 0 Å². The molecule has 0 saturated heterocycles. The van der Waals surface area contributed by atoms with Crippen LogP contribution in [0.1, 0.15) is 41.0 Å². The quantitative estimate of drug-likeness (QED) is 0.715. The highest BCUT2D eigenvalue weighted by Gasteiger charge is 2.24. The predicted molar refractivity (Wildman–Crippen MR) is 66.3 cm³/mol. The topological polar surface area (TPSA) is 52.6 Å². The molecule has 0 aromatic heterocycles. The second-order valence-corrected chi connectivity index (χ2v) is 5.19. The molecule has 0 heterocycles. The fourth-order valence-corrected chi connectivity index (χ4v) is 1.30. The van der Waals surface area contributed by atoms with Crippen molar-refractivity contribution in [1.29, 1.82) is 0 Å².